The molecular weight excluding hydrogens is 329 g/mol. The van der Waals surface area contributed by atoms with Crippen molar-refractivity contribution in [1.29, 1.82) is 0 Å². The Balaban J connectivity index is 2.03. The molecule has 9 heteroatoms. The normalized spacial score (nSPS) is 26.4. The molecule has 3 atom stereocenters. The Kier molecular flexibility index (Phi) is 3.61. The molecular formula is C11H15N5O3Se. The summed E-state index contributed by atoms with van der Waals surface area (Å²) in [6.45, 7) is -0.218. The van der Waals surface area contributed by atoms with E-state index in [1.54, 1.807) is 10.9 Å². The molecule has 1 aliphatic rings. The fourth-order valence-electron chi connectivity index (χ4n) is 2.31. The first-order chi connectivity index (χ1) is 9.63. The summed E-state index contributed by atoms with van der Waals surface area (Å²) in [4.78, 5) is 12.7. The first-order valence-electron chi connectivity index (χ1n) is 6.12. The van der Waals surface area contributed by atoms with Gasteiger partial charge in [0.25, 0.3) is 0 Å². The zero-order chi connectivity index (χ0) is 14.3. The molecule has 1 aliphatic heterocycles. The Morgan fingerprint density at radius 3 is 3.00 bits per heavy atom. The number of hydrogen-bond acceptors (Lipinski definition) is 7. The predicted molar refractivity (Wildman–Crippen MR) is 72.6 cm³/mol. The van der Waals surface area contributed by atoms with Gasteiger partial charge in [-0.3, -0.25) is 0 Å². The summed E-state index contributed by atoms with van der Waals surface area (Å²) < 4.78 is 8.20. The third-order valence-electron chi connectivity index (χ3n) is 3.29. The molecule has 0 aliphatic carbocycles. The van der Waals surface area contributed by atoms with Gasteiger partial charge in [-0.2, -0.15) is 0 Å². The van der Waals surface area contributed by atoms with Crippen LogP contribution in [0.4, 0.5) is 5.95 Å². The number of aliphatic hydroxyl groups excluding tert-OH is 2. The number of nitrogen functional groups attached to an aromatic ring is 1. The fraction of sp³-hybridized carbons (Fsp3) is 0.545. The predicted octanol–water partition coefficient (Wildman–Crippen LogP) is -1.57. The van der Waals surface area contributed by atoms with E-state index in [1.807, 2.05) is 5.82 Å². The van der Waals surface area contributed by atoms with Crippen molar-refractivity contribution in [1.82, 2.24) is 19.5 Å². The summed E-state index contributed by atoms with van der Waals surface area (Å²) in [5, 5.41) is 19.0. The van der Waals surface area contributed by atoms with Gasteiger partial charge in [-0.1, -0.05) is 0 Å². The molecule has 20 heavy (non-hydrogen) atoms. The van der Waals surface area contributed by atoms with E-state index in [2.05, 4.69) is 15.0 Å². The summed E-state index contributed by atoms with van der Waals surface area (Å²) in [5.74, 6) is 2.24. The van der Waals surface area contributed by atoms with E-state index in [4.69, 9.17) is 15.6 Å². The summed E-state index contributed by atoms with van der Waals surface area (Å²) >= 11 is 0.151. The van der Waals surface area contributed by atoms with Crippen molar-refractivity contribution >= 4 is 36.7 Å². The van der Waals surface area contributed by atoms with Crippen LogP contribution < -0.4 is 10.3 Å². The summed E-state index contributed by atoms with van der Waals surface area (Å²) in [5.41, 5.74) is 7.04. The average Bonchev–Trinajstić information content (AvgIpc) is 3.00. The number of rotatable bonds is 3. The van der Waals surface area contributed by atoms with Gasteiger partial charge in [-0.05, 0) is 0 Å². The van der Waals surface area contributed by atoms with Crippen LogP contribution in [0.1, 0.15) is 12.6 Å². The van der Waals surface area contributed by atoms with Crippen LogP contribution in [0.3, 0.4) is 0 Å². The Morgan fingerprint density at radius 1 is 1.55 bits per heavy atom. The van der Waals surface area contributed by atoms with E-state index in [-0.39, 0.29) is 27.5 Å². The van der Waals surface area contributed by atoms with Gasteiger partial charge in [0.15, 0.2) is 0 Å². The van der Waals surface area contributed by atoms with E-state index < -0.39 is 18.4 Å². The van der Waals surface area contributed by atoms with Crippen LogP contribution in [0, 0.1) is 0 Å². The second kappa shape index (κ2) is 5.27. The van der Waals surface area contributed by atoms with Gasteiger partial charge in [-0.25, -0.2) is 0 Å². The quantitative estimate of drug-likeness (QED) is 0.575. The number of fused-ring (bicyclic) bond motifs is 1. The van der Waals surface area contributed by atoms with Gasteiger partial charge >= 0.3 is 120 Å². The first kappa shape index (κ1) is 13.7. The molecule has 4 N–H and O–H groups in total. The van der Waals surface area contributed by atoms with Gasteiger partial charge in [0.2, 0.25) is 0 Å². The van der Waals surface area contributed by atoms with Gasteiger partial charge in [0.05, 0.1) is 0 Å². The SMILES string of the molecule is C[Se]c1nc(N)nc2c1ncn2[C@@H]1C[C@H](O)[C@@H](CO)O1. The third kappa shape index (κ3) is 2.17. The molecule has 0 saturated carbocycles. The Labute approximate surface area is 121 Å². The topological polar surface area (TPSA) is 119 Å². The molecule has 0 unspecified atom stereocenters. The molecule has 1 saturated heterocycles. The van der Waals surface area contributed by atoms with Crippen molar-refractivity contribution in [3.63, 3.8) is 0 Å². The van der Waals surface area contributed by atoms with E-state index in [9.17, 15) is 5.11 Å². The first-order valence-corrected chi connectivity index (χ1v) is 8.69. The van der Waals surface area contributed by atoms with Crippen molar-refractivity contribution in [2.75, 3.05) is 12.3 Å². The number of ether oxygens (including phenoxy) is 1. The second-order valence-corrected chi connectivity index (χ2v) is 6.20. The fourth-order valence-corrected chi connectivity index (χ4v) is 3.41. The van der Waals surface area contributed by atoms with Crippen LogP contribution in [-0.4, -0.2) is 63.5 Å². The minimum absolute atomic E-state index is 0.151. The minimum atomic E-state index is -0.698. The van der Waals surface area contributed by atoms with Crippen molar-refractivity contribution in [3.8, 4) is 0 Å². The maximum atomic E-state index is 9.81. The van der Waals surface area contributed by atoms with Crippen molar-refractivity contribution in [2.24, 2.45) is 0 Å². The molecule has 1 fully saturated rings. The molecule has 3 rings (SSSR count). The molecule has 0 amide bonds. The third-order valence-corrected chi connectivity index (χ3v) is 4.70. The maximum absolute atomic E-state index is 9.81. The van der Waals surface area contributed by atoms with Crippen LogP contribution in [0.25, 0.3) is 11.2 Å². The Bertz CT molecular complexity index is 634. The molecule has 2 aromatic rings. The molecule has 0 radical (unpaired) electrons. The van der Waals surface area contributed by atoms with Crippen molar-refractivity contribution in [2.45, 2.75) is 30.7 Å². The van der Waals surface area contributed by atoms with Crippen LogP contribution in [0.2, 0.25) is 5.82 Å². The van der Waals surface area contributed by atoms with E-state index in [0.29, 0.717) is 17.6 Å². The standard InChI is InChI=1S/C11H15N5O3Se/c1-20-10-8-9(14-11(12)15-10)16(4-13-8)7-2-5(18)6(3-17)19-7/h4-7,17-18H,2-3H2,1H3,(H2,12,14,15)/t5-,6+,7-/m0/s1. The number of nitrogens with zero attached hydrogens (tertiary/aromatic N) is 4. The van der Waals surface area contributed by atoms with Crippen LogP contribution in [0.5, 0.6) is 0 Å². The van der Waals surface area contributed by atoms with Crippen LogP contribution in [0.15, 0.2) is 6.33 Å². The number of aromatic nitrogens is 4. The van der Waals surface area contributed by atoms with Gasteiger partial charge in [0, 0.05) is 0 Å². The second-order valence-electron chi connectivity index (χ2n) is 4.53. The van der Waals surface area contributed by atoms with Gasteiger partial charge in [-0.15, -0.1) is 0 Å². The number of anilines is 1. The number of imidazole rings is 1. The molecule has 2 aromatic heterocycles. The average molecular weight is 344 g/mol. The Hall–Kier alpha value is -1.25. The molecule has 0 spiro atoms. The summed E-state index contributed by atoms with van der Waals surface area (Å²) in [6.07, 6.45) is 0.319. The van der Waals surface area contributed by atoms with E-state index >= 15 is 0 Å². The Morgan fingerprint density at radius 2 is 2.35 bits per heavy atom. The van der Waals surface area contributed by atoms with Crippen LogP contribution in [-0.2, 0) is 4.74 Å². The van der Waals surface area contributed by atoms with E-state index in [1.165, 1.54) is 0 Å². The zero-order valence-electron chi connectivity index (χ0n) is 10.8. The summed E-state index contributed by atoms with van der Waals surface area (Å²) in [7, 11) is 0. The molecule has 0 aromatic carbocycles. The number of hydrogen-bond donors (Lipinski definition) is 3. The summed E-state index contributed by atoms with van der Waals surface area (Å²) in [6, 6.07) is 0. The van der Waals surface area contributed by atoms with Gasteiger partial charge in [0.1, 0.15) is 0 Å². The number of nitrogens with two attached hydrogens (primary N) is 1. The molecule has 8 nitrogen and oxygen atoms in total. The van der Waals surface area contributed by atoms with E-state index in [0.717, 1.165) is 4.59 Å². The van der Waals surface area contributed by atoms with Crippen molar-refractivity contribution in [3.05, 3.63) is 6.33 Å². The molecule has 0 bridgehead atoms. The number of aliphatic hydroxyl groups is 2. The molecule has 108 valence electrons. The van der Waals surface area contributed by atoms with Crippen molar-refractivity contribution < 1.29 is 14.9 Å². The van der Waals surface area contributed by atoms with Crippen LogP contribution >= 0.6 is 0 Å². The zero-order valence-corrected chi connectivity index (χ0v) is 12.5. The molecule has 3 heterocycles. The monoisotopic (exact) mass is 345 g/mol. The van der Waals surface area contributed by atoms with Gasteiger partial charge < -0.3 is 0 Å².